The summed E-state index contributed by atoms with van der Waals surface area (Å²) < 4.78 is 38.4. The summed E-state index contributed by atoms with van der Waals surface area (Å²) in [5.41, 5.74) is 2.29. The number of fused-ring (bicyclic) bond motifs is 2. The van der Waals surface area contributed by atoms with Crippen LogP contribution < -0.4 is 15.4 Å². The zero-order valence-corrected chi connectivity index (χ0v) is 17.3. The minimum Gasteiger partial charge on any atom is -0.491 e. The number of ether oxygens (including phenoxy) is 2. The van der Waals surface area contributed by atoms with E-state index >= 15 is 0 Å². The van der Waals surface area contributed by atoms with Crippen molar-refractivity contribution in [3.8, 4) is 5.75 Å². The molecule has 0 spiro atoms. The van der Waals surface area contributed by atoms with Gasteiger partial charge >= 0.3 is 0 Å². The molecule has 2 aliphatic rings. The molecule has 1 unspecified atom stereocenters. The molecule has 2 N–H and O–H groups in total. The van der Waals surface area contributed by atoms with Crippen LogP contribution in [0.2, 0.25) is 0 Å². The van der Waals surface area contributed by atoms with Crippen LogP contribution in [0.15, 0.2) is 36.4 Å². The third-order valence-corrected chi connectivity index (χ3v) is 5.55. The van der Waals surface area contributed by atoms with E-state index in [0.717, 1.165) is 42.5 Å². The standard InChI is InChI=1S/C23H27F2N3O3/c24-18-10-16(11-19(25)13-18)14-27-20-3-4-22-17(12-20)15-28-6-1-2-21(28)23(29)26-5-7-30-8-9-31-22/h3-4,10-13,21,27H,1-2,5-9,14-15H2,(H,26,29). The Morgan fingerprint density at radius 3 is 2.77 bits per heavy atom. The quantitative estimate of drug-likeness (QED) is 0.782. The van der Waals surface area contributed by atoms with Crippen LogP contribution >= 0.6 is 0 Å². The molecule has 8 heteroatoms. The van der Waals surface area contributed by atoms with Gasteiger partial charge in [-0.25, -0.2) is 8.78 Å². The van der Waals surface area contributed by atoms with Crippen LogP contribution in [-0.4, -0.2) is 49.8 Å². The SMILES string of the molecule is O=C1NCCOCCOc2ccc(NCc3cc(F)cc(F)c3)cc2CN2CCCC12. The first kappa shape index (κ1) is 21.5. The van der Waals surface area contributed by atoms with Gasteiger partial charge in [0.05, 0.1) is 19.3 Å². The molecule has 2 aromatic carbocycles. The lowest BCUT2D eigenvalue weighted by Gasteiger charge is -2.25. The molecule has 1 saturated heterocycles. The van der Waals surface area contributed by atoms with E-state index in [1.807, 2.05) is 18.2 Å². The monoisotopic (exact) mass is 431 g/mol. The van der Waals surface area contributed by atoms with E-state index in [4.69, 9.17) is 9.47 Å². The molecule has 0 aliphatic carbocycles. The van der Waals surface area contributed by atoms with Gasteiger partial charge in [-0.15, -0.1) is 0 Å². The molecule has 0 bridgehead atoms. The maximum Gasteiger partial charge on any atom is 0.237 e. The van der Waals surface area contributed by atoms with Crippen molar-refractivity contribution in [3.05, 3.63) is 59.2 Å². The minimum atomic E-state index is -0.598. The second kappa shape index (κ2) is 10.1. The van der Waals surface area contributed by atoms with E-state index in [1.54, 1.807) is 0 Å². The molecular weight excluding hydrogens is 404 g/mol. The number of anilines is 1. The van der Waals surface area contributed by atoms with E-state index in [0.29, 0.717) is 38.5 Å². The second-order valence-electron chi connectivity index (χ2n) is 7.83. The van der Waals surface area contributed by atoms with Crippen molar-refractivity contribution in [1.29, 1.82) is 0 Å². The van der Waals surface area contributed by atoms with Gasteiger partial charge in [0.15, 0.2) is 0 Å². The number of hydrogen-bond acceptors (Lipinski definition) is 5. The largest absolute Gasteiger partial charge is 0.491 e. The van der Waals surface area contributed by atoms with E-state index in [-0.39, 0.29) is 18.5 Å². The summed E-state index contributed by atoms with van der Waals surface area (Å²) in [5, 5.41) is 6.17. The van der Waals surface area contributed by atoms with E-state index < -0.39 is 11.6 Å². The highest BCUT2D eigenvalue weighted by Crippen LogP contribution is 2.28. The molecule has 6 nitrogen and oxygen atoms in total. The number of rotatable bonds is 3. The van der Waals surface area contributed by atoms with Crippen LogP contribution in [0.4, 0.5) is 14.5 Å². The molecule has 0 aromatic heterocycles. The Kier molecular flexibility index (Phi) is 6.99. The average molecular weight is 431 g/mol. The summed E-state index contributed by atoms with van der Waals surface area (Å²) in [6, 6.07) is 9.04. The number of hydrogen-bond donors (Lipinski definition) is 2. The third kappa shape index (κ3) is 5.71. The highest BCUT2D eigenvalue weighted by atomic mass is 19.1. The molecule has 0 saturated carbocycles. The van der Waals surface area contributed by atoms with Gasteiger partial charge in [-0.3, -0.25) is 9.69 Å². The third-order valence-electron chi connectivity index (χ3n) is 5.55. The van der Waals surface area contributed by atoms with Gasteiger partial charge < -0.3 is 20.1 Å². The highest BCUT2D eigenvalue weighted by molar-refractivity contribution is 5.82. The molecule has 2 aliphatic heterocycles. The van der Waals surface area contributed by atoms with Crippen LogP contribution in [-0.2, 0) is 22.6 Å². The first-order valence-corrected chi connectivity index (χ1v) is 10.6. The van der Waals surface area contributed by atoms with Crippen molar-refractivity contribution >= 4 is 11.6 Å². The zero-order valence-electron chi connectivity index (χ0n) is 17.3. The fourth-order valence-electron chi connectivity index (χ4n) is 4.08. The molecule has 31 heavy (non-hydrogen) atoms. The summed E-state index contributed by atoms with van der Waals surface area (Å²) >= 11 is 0. The first-order valence-electron chi connectivity index (χ1n) is 10.6. The van der Waals surface area contributed by atoms with Crippen LogP contribution in [0.25, 0.3) is 0 Å². The van der Waals surface area contributed by atoms with Gasteiger partial charge in [-0.05, 0) is 55.3 Å². The molecular formula is C23H27F2N3O3. The lowest BCUT2D eigenvalue weighted by molar-refractivity contribution is -0.125. The van der Waals surface area contributed by atoms with E-state index in [9.17, 15) is 13.6 Å². The summed E-state index contributed by atoms with van der Waals surface area (Å²) in [7, 11) is 0. The second-order valence-corrected chi connectivity index (χ2v) is 7.83. The number of nitrogens with one attached hydrogen (secondary N) is 2. The number of carbonyl (C=O) groups excluding carboxylic acids is 1. The maximum atomic E-state index is 13.4. The van der Waals surface area contributed by atoms with E-state index in [2.05, 4.69) is 15.5 Å². The van der Waals surface area contributed by atoms with Crippen molar-refractivity contribution < 1.29 is 23.0 Å². The minimum absolute atomic E-state index is 0.0326. The number of nitrogens with zero attached hydrogens (tertiary/aromatic N) is 1. The van der Waals surface area contributed by atoms with Gasteiger partial charge in [0.2, 0.25) is 5.91 Å². The Morgan fingerprint density at radius 1 is 1.10 bits per heavy atom. The number of benzene rings is 2. The van der Waals surface area contributed by atoms with Crippen LogP contribution in [0.5, 0.6) is 5.75 Å². The van der Waals surface area contributed by atoms with Crippen molar-refractivity contribution in [2.75, 3.05) is 38.2 Å². The lowest BCUT2D eigenvalue weighted by atomic mass is 10.1. The Bertz CT molecular complexity index is 905. The summed E-state index contributed by atoms with van der Waals surface area (Å²) in [5.74, 6) is -0.417. The Balaban J connectivity index is 1.53. The maximum absolute atomic E-state index is 13.4. The average Bonchev–Trinajstić information content (AvgIpc) is 3.19. The molecule has 1 atom stereocenters. The van der Waals surface area contributed by atoms with Gasteiger partial charge in [0, 0.05) is 37.0 Å². The van der Waals surface area contributed by atoms with Crippen molar-refractivity contribution in [1.82, 2.24) is 10.2 Å². The Hall–Kier alpha value is -2.71. The lowest BCUT2D eigenvalue weighted by Crippen LogP contribution is -2.43. The molecule has 166 valence electrons. The predicted octanol–water partition coefficient (Wildman–Crippen LogP) is 3.07. The fourth-order valence-corrected chi connectivity index (χ4v) is 4.08. The molecule has 2 heterocycles. The van der Waals surface area contributed by atoms with Crippen molar-refractivity contribution in [2.24, 2.45) is 0 Å². The summed E-state index contributed by atoms with van der Waals surface area (Å²) in [6.07, 6.45) is 1.79. The smallest absolute Gasteiger partial charge is 0.237 e. The van der Waals surface area contributed by atoms with Crippen LogP contribution in [0, 0.1) is 11.6 Å². The van der Waals surface area contributed by atoms with Gasteiger partial charge in [-0.1, -0.05) is 0 Å². The predicted molar refractivity (Wildman–Crippen MR) is 113 cm³/mol. The number of carbonyl (C=O) groups is 1. The molecule has 1 amide bonds. The van der Waals surface area contributed by atoms with Crippen molar-refractivity contribution in [3.63, 3.8) is 0 Å². The normalized spacial score (nSPS) is 20.3. The van der Waals surface area contributed by atoms with Crippen LogP contribution in [0.1, 0.15) is 24.0 Å². The summed E-state index contributed by atoms with van der Waals surface area (Å²) in [4.78, 5) is 14.7. The molecule has 0 radical (unpaired) electrons. The molecule has 4 rings (SSSR count). The Morgan fingerprint density at radius 2 is 1.94 bits per heavy atom. The molecule has 2 aromatic rings. The first-order chi connectivity index (χ1) is 15.1. The highest BCUT2D eigenvalue weighted by Gasteiger charge is 2.31. The van der Waals surface area contributed by atoms with Crippen molar-refractivity contribution in [2.45, 2.75) is 32.0 Å². The van der Waals surface area contributed by atoms with Crippen LogP contribution in [0.3, 0.4) is 0 Å². The Labute approximate surface area is 180 Å². The number of halogens is 2. The topological polar surface area (TPSA) is 62.8 Å². The summed E-state index contributed by atoms with van der Waals surface area (Å²) in [6.45, 7) is 3.51. The van der Waals surface area contributed by atoms with Gasteiger partial charge in [0.1, 0.15) is 24.0 Å². The fraction of sp³-hybridized carbons (Fsp3) is 0.435. The van der Waals surface area contributed by atoms with Gasteiger partial charge in [0.25, 0.3) is 0 Å². The number of amides is 1. The molecule has 1 fully saturated rings. The van der Waals surface area contributed by atoms with Gasteiger partial charge in [-0.2, -0.15) is 0 Å². The van der Waals surface area contributed by atoms with E-state index in [1.165, 1.54) is 12.1 Å². The zero-order chi connectivity index (χ0) is 21.6.